The Bertz CT molecular complexity index is 267. The van der Waals surface area contributed by atoms with Crippen molar-refractivity contribution in [3.8, 4) is 0 Å². The Labute approximate surface area is 78.6 Å². The minimum Gasteiger partial charge on any atom is -0.466 e. The summed E-state index contributed by atoms with van der Waals surface area (Å²) < 4.78 is 5.67. The van der Waals surface area contributed by atoms with E-state index in [-0.39, 0.29) is 0 Å². The van der Waals surface area contributed by atoms with E-state index in [2.05, 4.69) is 31.7 Å². The van der Waals surface area contributed by atoms with Gasteiger partial charge in [0.2, 0.25) is 0 Å². The van der Waals surface area contributed by atoms with E-state index in [1.807, 2.05) is 0 Å². The topological polar surface area (TPSA) is 13.1 Å². The fourth-order valence-electron chi connectivity index (χ4n) is 1.56. The molecule has 0 N–H and O–H groups in total. The zero-order chi connectivity index (χ0) is 8.55. The van der Waals surface area contributed by atoms with Crippen LogP contribution in [0.15, 0.2) is 16.5 Å². The first kappa shape index (κ1) is 8.24. The lowest BCUT2D eigenvalue weighted by Crippen LogP contribution is -1.80. The van der Waals surface area contributed by atoms with Crippen molar-refractivity contribution in [2.24, 2.45) is 5.92 Å². The van der Waals surface area contributed by atoms with E-state index >= 15 is 0 Å². The lowest BCUT2D eigenvalue weighted by atomic mass is 10.3. The van der Waals surface area contributed by atoms with Crippen molar-refractivity contribution >= 4 is 12.6 Å². The molecule has 1 fully saturated rings. The molecule has 0 saturated heterocycles. The van der Waals surface area contributed by atoms with Crippen LogP contribution >= 0.6 is 12.6 Å². The number of hydrogen-bond donors (Lipinski definition) is 1. The maximum Gasteiger partial charge on any atom is 0.107 e. The highest BCUT2D eigenvalue weighted by Gasteiger charge is 2.36. The molecule has 1 aliphatic carbocycles. The van der Waals surface area contributed by atoms with Gasteiger partial charge in [0.25, 0.3) is 0 Å². The van der Waals surface area contributed by atoms with E-state index in [9.17, 15) is 0 Å². The number of thiol groups is 1. The van der Waals surface area contributed by atoms with Crippen LogP contribution in [0.1, 0.15) is 30.8 Å². The van der Waals surface area contributed by atoms with Gasteiger partial charge in [-0.2, -0.15) is 12.6 Å². The van der Waals surface area contributed by atoms with E-state index in [4.69, 9.17) is 4.42 Å². The van der Waals surface area contributed by atoms with Crippen LogP contribution in [0.4, 0.5) is 0 Å². The van der Waals surface area contributed by atoms with E-state index in [1.165, 1.54) is 12.2 Å². The molecule has 0 spiro atoms. The third kappa shape index (κ3) is 1.53. The van der Waals surface area contributed by atoms with Crippen LogP contribution in [0, 0.1) is 5.92 Å². The first-order chi connectivity index (χ1) is 5.81. The molecule has 2 atom stereocenters. The third-order valence-corrected chi connectivity index (χ3v) is 2.74. The maximum atomic E-state index is 5.67. The van der Waals surface area contributed by atoms with E-state index in [1.54, 1.807) is 0 Å². The second-order valence-corrected chi connectivity index (χ2v) is 4.04. The highest BCUT2D eigenvalue weighted by Crippen LogP contribution is 2.47. The van der Waals surface area contributed by atoms with Gasteiger partial charge in [-0.15, -0.1) is 0 Å². The molecule has 0 amide bonds. The predicted molar refractivity (Wildman–Crippen MR) is 52.8 cm³/mol. The van der Waals surface area contributed by atoms with Gasteiger partial charge in [-0.3, -0.25) is 0 Å². The quantitative estimate of drug-likeness (QED) is 0.709. The normalized spacial score (nSPS) is 27.5. The van der Waals surface area contributed by atoms with Crippen LogP contribution in [0.2, 0.25) is 0 Å². The molecule has 1 aliphatic rings. The molecule has 0 aromatic carbocycles. The van der Waals surface area contributed by atoms with E-state index in [0.717, 1.165) is 23.9 Å². The van der Waals surface area contributed by atoms with Crippen molar-refractivity contribution < 1.29 is 4.42 Å². The Morgan fingerprint density at radius 3 is 2.92 bits per heavy atom. The van der Waals surface area contributed by atoms with Crippen LogP contribution in [0.3, 0.4) is 0 Å². The highest BCUT2D eigenvalue weighted by molar-refractivity contribution is 7.80. The van der Waals surface area contributed by atoms with Gasteiger partial charge in [-0.25, -0.2) is 0 Å². The van der Waals surface area contributed by atoms with Gasteiger partial charge in [0.1, 0.15) is 11.5 Å². The Morgan fingerprint density at radius 1 is 1.58 bits per heavy atom. The molecule has 2 rings (SSSR count). The Kier molecular flexibility index (Phi) is 2.18. The van der Waals surface area contributed by atoms with Crippen LogP contribution in [0.5, 0.6) is 0 Å². The molecule has 1 aromatic heterocycles. The first-order valence-corrected chi connectivity index (χ1v) is 5.14. The van der Waals surface area contributed by atoms with Gasteiger partial charge in [0, 0.05) is 12.3 Å². The summed E-state index contributed by atoms with van der Waals surface area (Å²) in [5, 5.41) is 0. The minimum atomic E-state index is 0.707. The van der Waals surface area contributed by atoms with Gasteiger partial charge < -0.3 is 4.42 Å². The van der Waals surface area contributed by atoms with E-state index < -0.39 is 0 Å². The lowest BCUT2D eigenvalue weighted by Gasteiger charge is -1.92. The van der Waals surface area contributed by atoms with Crippen molar-refractivity contribution in [1.82, 2.24) is 0 Å². The zero-order valence-electron chi connectivity index (χ0n) is 7.29. The largest absolute Gasteiger partial charge is 0.466 e. The summed E-state index contributed by atoms with van der Waals surface area (Å²) >= 11 is 4.17. The molecule has 0 bridgehead atoms. The molecule has 0 aliphatic heterocycles. The van der Waals surface area contributed by atoms with Crippen LogP contribution < -0.4 is 0 Å². The molecule has 1 nitrogen and oxygen atoms in total. The van der Waals surface area contributed by atoms with Crippen LogP contribution in [-0.2, 0) is 6.42 Å². The van der Waals surface area contributed by atoms with Gasteiger partial charge in [-0.1, -0.05) is 6.92 Å². The summed E-state index contributed by atoms with van der Waals surface area (Å²) in [4.78, 5) is 0. The van der Waals surface area contributed by atoms with Gasteiger partial charge in [0.15, 0.2) is 0 Å². The van der Waals surface area contributed by atoms with Crippen molar-refractivity contribution in [1.29, 1.82) is 0 Å². The Balaban J connectivity index is 2.04. The summed E-state index contributed by atoms with van der Waals surface area (Å²) in [6, 6.07) is 4.20. The van der Waals surface area contributed by atoms with Crippen LogP contribution in [0.25, 0.3) is 0 Å². The molecular weight excluding hydrogens is 168 g/mol. The Morgan fingerprint density at radius 2 is 2.33 bits per heavy atom. The van der Waals surface area contributed by atoms with Crippen molar-refractivity contribution in [2.75, 3.05) is 5.75 Å². The number of furan rings is 1. The second-order valence-electron chi connectivity index (χ2n) is 3.60. The van der Waals surface area contributed by atoms with Crippen molar-refractivity contribution in [3.05, 3.63) is 23.7 Å². The molecule has 2 heteroatoms. The molecular formula is C10H14OS. The molecule has 66 valence electrons. The first-order valence-electron chi connectivity index (χ1n) is 4.50. The maximum absolute atomic E-state index is 5.67. The average molecular weight is 182 g/mol. The average Bonchev–Trinajstić information content (AvgIpc) is 2.62. The SMILES string of the molecule is CC1CC1c1ccc(CCS)o1. The van der Waals surface area contributed by atoms with Crippen LogP contribution in [-0.4, -0.2) is 5.75 Å². The summed E-state index contributed by atoms with van der Waals surface area (Å²) in [5.74, 6) is 4.67. The Hall–Kier alpha value is -0.370. The van der Waals surface area contributed by atoms with Gasteiger partial charge in [-0.05, 0) is 30.2 Å². The fraction of sp³-hybridized carbons (Fsp3) is 0.600. The highest BCUT2D eigenvalue weighted by atomic mass is 32.1. The molecule has 1 saturated carbocycles. The van der Waals surface area contributed by atoms with Gasteiger partial charge in [0.05, 0.1) is 0 Å². The predicted octanol–water partition coefficient (Wildman–Crippen LogP) is 2.88. The summed E-state index contributed by atoms with van der Waals surface area (Å²) in [6.07, 6.45) is 2.25. The summed E-state index contributed by atoms with van der Waals surface area (Å²) in [5.41, 5.74) is 0. The molecule has 1 aromatic rings. The summed E-state index contributed by atoms with van der Waals surface area (Å²) in [6.45, 7) is 2.27. The zero-order valence-corrected chi connectivity index (χ0v) is 8.18. The molecule has 1 heterocycles. The number of rotatable bonds is 3. The third-order valence-electron chi connectivity index (χ3n) is 2.52. The molecule has 0 radical (unpaired) electrons. The minimum absolute atomic E-state index is 0.707. The van der Waals surface area contributed by atoms with E-state index in [0.29, 0.717) is 5.92 Å². The van der Waals surface area contributed by atoms with Crippen molar-refractivity contribution in [3.63, 3.8) is 0 Å². The molecule has 2 unspecified atom stereocenters. The number of hydrogen-bond acceptors (Lipinski definition) is 2. The second kappa shape index (κ2) is 3.17. The fourth-order valence-corrected chi connectivity index (χ4v) is 1.78. The summed E-state index contributed by atoms with van der Waals surface area (Å²) in [7, 11) is 0. The lowest BCUT2D eigenvalue weighted by molar-refractivity contribution is 0.467. The smallest absolute Gasteiger partial charge is 0.107 e. The standard InChI is InChI=1S/C10H14OS/c1-7-6-9(7)10-3-2-8(11-10)4-5-12/h2-3,7,9,12H,4-6H2,1H3. The number of aryl methyl sites for hydroxylation is 1. The molecule has 12 heavy (non-hydrogen) atoms. The van der Waals surface area contributed by atoms with Crippen molar-refractivity contribution in [2.45, 2.75) is 25.7 Å². The monoisotopic (exact) mass is 182 g/mol. The van der Waals surface area contributed by atoms with Gasteiger partial charge >= 0.3 is 0 Å².